The Morgan fingerprint density at radius 1 is 1.19 bits per heavy atom. The summed E-state index contributed by atoms with van der Waals surface area (Å²) in [5.74, 6) is 1.14. The van der Waals surface area contributed by atoms with Crippen LogP contribution in [0.2, 0.25) is 0 Å². The summed E-state index contributed by atoms with van der Waals surface area (Å²) < 4.78 is 17.0. The predicted octanol–water partition coefficient (Wildman–Crippen LogP) is 4.45. The van der Waals surface area contributed by atoms with E-state index in [-0.39, 0.29) is 12.0 Å². The zero-order chi connectivity index (χ0) is 19.1. The van der Waals surface area contributed by atoms with Gasteiger partial charge < -0.3 is 19.5 Å². The third-order valence-corrected chi connectivity index (χ3v) is 4.19. The molecule has 1 heterocycles. The van der Waals surface area contributed by atoms with Gasteiger partial charge in [-0.15, -0.1) is 0 Å². The molecule has 0 spiro atoms. The number of anilines is 1. The average Bonchev–Trinajstić information content (AvgIpc) is 3.19. The number of carbonyl (C=O) groups is 1. The number of hydrogen-bond donors (Lipinski definition) is 1. The number of nitrogens with one attached hydrogen (secondary N) is 1. The lowest BCUT2D eigenvalue weighted by Gasteiger charge is -2.13. The van der Waals surface area contributed by atoms with Gasteiger partial charge >= 0.3 is 0 Å². The second-order valence-corrected chi connectivity index (χ2v) is 6.67. The number of amides is 1. The van der Waals surface area contributed by atoms with E-state index in [1.165, 1.54) is 0 Å². The summed E-state index contributed by atoms with van der Waals surface area (Å²) in [6.07, 6.45) is 2.29. The van der Waals surface area contributed by atoms with Crippen molar-refractivity contribution in [3.05, 3.63) is 66.2 Å². The Hall–Kier alpha value is -2.79. The van der Waals surface area contributed by atoms with Crippen molar-refractivity contribution in [1.29, 1.82) is 0 Å². The number of ether oxygens (including phenoxy) is 3. The molecule has 1 unspecified atom stereocenters. The van der Waals surface area contributed by atoms with Gasteiger partial charge in [0.2, 0.25) is 0 Å². The molecule has 0 aliphatic carbocycles. The number of rotatable bonds is 8. The van der Waals surface area contributed by atoms with Crippen molar-refractivity contribution in [2.45, 2.75) is 25.9 Å². The molecule has 3 rings (SSSR count). The molecule has 1 aliphatic rings. The van der Waals surface area contributed by atoms with Crippen molar-refractivity contribution in [3.63, 3.8) is 0 Å². The second kappa shape index (κ2) is 9.24. The molecular formula is C22H25NO4. The number of para-hydroxylation sites is 2. The zero-order valence-corrected chi connectivity index (χ0v) is 15.6. The predicted molar refractivity (Wildman–Crippen MR) is 106 cm³/mol. The Balaban J connectivity index is 1.58. The summed E-state index contributed by atoms with van der Waals surface area (Å²) >= 11 is 0. The molecule has 2 aromatic carbocycles. The highest BCUT2D eigenvalue weighted by atomic mass is 16.5. The number of benzene rings is 2. The highest BCUT2D eigenvalue weighted by Gasteiger charge is 2.16. The Labute approximate surface area is 159 Å². The van der Waals surface area contributed by atoms with Crippen LogP contribution in [0.4, 0.5) is 5.69 Å². The van der Waals surface area contributed by atoms with Gasteiger partial charge in [0.25, 0.3) is 5.91 Å². The molecule has 0 bridgehead atoms. The first kappa shape index (κ1) is 19.0. The number of hydrogen-bond acceptors (Lipinski definition) is 4. The molecule has 1 fully saturated rings. The van der Waals surface area contributed by atoms with Gasteiger partial charge in [-0.25, -0.2) is 0 Å². The molecule has 1 amide bonds. The first-order chi connectivity index (χ1) is 13.1. The average molecular weight is 367 g/mol. The molecule has 0 radical (unpaired) electrons. The van der Waals surface area contributed by atoms with Gasteiger partial charge in [0.1, 0.15) is 24.7 Å². The molecule has 142 valence electrons. The first-order valence-electron chi connectivity index (χ1n) is 9.14. The van der Waals surface area contributed by atoms with Crippen LogP contribution in [0.1, 0.15) is 30.1 Å². The molecule has 1 atom stereocenters. The van der Waals surface area contributed by atoms with Crippen LogP contribution in [0.5, 0.6) is 11.5 Å². The van der Waals surface area contributed by atoms with Gasteiger partial charge in [-0.2, -0.15) is 0 Å². The van der Waals surface area contributed by atoms with E-state index in [4.69, 9.17) is 14.2 Å². The quantitative estimate of drug-likeness (QED) is 0.700. The number of carbonyl (C=O) groups excluding carboxylic acids is 1. The van der Waals surface area contributed by atoms with Crippen molar-refractivity contribution in [3.8, 4) is 11.5 Å². The molecule has 5 heteroatoms. The van der Waals surface area contributed by atoms with Gasteiger partial charge in [0.15, 0.2) is 0 Å². The fourth-order valence-corrected chi connectivity index (χ4v) is 2.76. The van der Waals surface area contributed by atoms with Gasteiger partial charge in [-0.05, 0) is 61.7 Å². The smallest absolute Gasteiger partial charge is 0.255 e. The molecule has 0 saturated carbocycles. The minimum absolute atomic E-state index is 0.170. The second-order valence-electron chi connectivity index (χ2n) is 6.67. The van der Waals surface area contributed by atoms with Crippen LogP contribution in [0.25, 0.3) is 0 Å². The van der Waals surface area contributed by atoms with Crippen LogP contribution in [0.15, 0.2) is 60.7 Å². The van der Waals surface area contributed by atoms with Crippen molar-refractivity contribution in [1.82, 2.24) is 0 Å². The van der Waals surface area contributed by atoms with E-state index in [1.807, 2.05) is 31.2 Å². The lowest BCUT2D eigenvalue weighted by molar-refractivity contribution is 0.0679. The van der Waals surface area contributed by atoms with Gasteiger partial charge in [0.05, 0.1) is 11.8 Å². The molecule has 0 aromatic heterocycles. The topological polar surface area (TPSA) is 56.8 Å². The van der Waals surface area contributed by atoms with Gasteiger partial charge in [-0.1, -0.05) is 18.7 Å². The third kappa shape index (κ3) is 5.59. The van der Waals surface area contributed by atoms with Crippen LogP contribution in [-0.2, 0) is 4.74 Å². The maximum atomic E-state index is 12.5. The van der Waals surface area contributed by atoms with Crippen LogP contribution >= 0.6 is 0 Å². The summed E-state index contributed by atoms with van der Waals surface area (Å²) in [6, 6.07) is 14.4. The summed E-state index contributed by atoms with van der Waals surface area (Å²) in [5, 5.41) is 2.89. The van der Waals surface area contributed by atoms with Crippen LogP contribution in [0.3, 0.4) is 0 Å². The molecule has 2 aromatic rings. The minimum Gasteiger partial charge on any atom is -0.491 e. The van der Waals surface area contributed by atoms with Crippen LogP contribution < -0.4 is 14.8 Å². The summed E-state index contributed by atoms with van der Waals surface area (Å²) in [6.45, 7) is 7.47. The Kier molecular flexibility index (Phi) is 6.49. The van der Waals surface area contributed by atoms with Crippen LogP contribution in [-0.4, -0.2) is 31.8 Å². The summed E-state index contributed by atoms with van der Waals surface area (Å²) in [4.78, 5) is 12.5. The standard InChI is InChI=1S/C22H25NO4/c1-16(2)14-27-21-8-4-3-7-20(21)23-22(24)17-9-11-18(12-10-17)26-15-19-6-5-13-25-19/h3-4,7-12,19H,1,5-6,13-15H2,2H3,(H,23,24). The van der Waals surface area contributed by atoms with E-state index < -0.39 is 0 Å². The third-order valence-electron chi connectivity index (χ3n) is 4.19. The lowest BCUT2D eigenvalue weighted by Crippen LogP contribution is -2.16. The van der Waals surface area contributed by atoms with E-state index in [2.05, 4.69) is 11.9 Å². The Morgan fingerprint density at radius 3 is 2.67 bits per heavy atom. The maximum absolute atomic E-state index is 12.5. The molecule has 1 aliphatic heterocycles. The fraction of sp³-hybridized carbons (Fsp3) is 0.318. The lowest BCUT2D eigenvalue weighted by atomic mass is 10.2. The monoisotopic (exact) mass is 367 g/mol. The van der Waals surface area contributed by atoms with Crippen molar-refractivity contribution in [2.24, 2.45) is 0 Å². The molecule has 5 nitrogen and oxygen atoms in total. The van der Waals surface area contributed by atoms with Crippen molar-refractivity contribution in [2.75, 3.05) is 25.1 Å². The van der Waals surface area contributed by atoms with Gasteiger partial charge in [-0.3, -0.25) is 4.79 Å². The maximum Gasteiger partial charge on any atom is 0.255 e. The van der Waals surface area contributed by atoms with Crippen molar-refractivity contribution >= 4 is 11.6 Å². The molecule has 1 N–H and O–H groups in total. The Bertz CT molecular complexity index is 779. The minimum atomic E-state index is -0.202. The van der Waals surface area contributed by atoms with Gasteiger partial charge in [0, 0.05) is 12.2 Å². The SMILES string of the molecule is C=C(C)COc1ccccc1NC(=O)c1ccc(OCC2CCCO2)cc1. The van der Waals surface area contributed by atoms with Crippen molar-refractivity contribution < 1.29 is 19.0 Å². The van der Waals surface area contributed by atoms with E-state index in [1.54, 1.807) is 24.3 Å². The van der Waals surface area contributed by atoms with Crippen LogP contribution in [0, 0.1) is 0 Å². The first-order valence-corrected chi connectivity index (χ1v) is 9.14. The summed E-state index contributed by atoms with van der Waals surface area (Å²) in [5.41, 5.74) is 2.09. The summed E-state index contributed by atoms with van der Waals surface area (Å²) in [7, 11) is 0. The Morgan fingerprint density at radius 2 is 1.96 bits per heavy atom. The van der Waals surface area contributed by atoms with E-state index in [9.17, 15) is 4.79 Å². The van der Waals surface area contributed by atoms with E-state index >= 15 is 0 Å². The van der Waals surface area contributed by atoms with E-state index in [0.717, 1.165) is 30.8 Å². The van der Waals surface area contributed by atoms with E-state index in [0.29, 0.717) is 30.2 Å². The zero-order valence-electron chi connectivity index (χ0n) is 15.6. The molecule has 27 heavy (non-hydrogen) atoms. The highest BCUT2D eigenvalue weighted by Crippen LogP contribution is 2.25. The largest absolute Gasteiger partial charge is 0.491 e. The normalized spacial score (nSPS) is 16.0. The highest BCUT2D eigenvalue weighted by molar-refractivity contribution is 6.05. The molecule has 1 saturated heterocycles. The molecular weight excluding hydrogens is 342 g/mol. The fourth-order valence-electron chi connectivity index (χ4n) is 2.76.